The number of carbonyl (C=O) groups excluding carboxylic acids is 3. The predicted molar refractivity (Wildman–Crippen MR) is 149 cm³/mol. The van der Waals surface area contributed by atoms with Crippen molar-refractivity contribution < 1.29 is 19.6 Å². The maximum atomic E-state index is 13.6. The fourth-order valence-electron chi connectivity index (χ4n) is 5.44. The van der Waals surface area contributed by atoms with Crippen molar-refractivity contribution >= 4 is 17.7 Å². The Morgan fingerprint density at radius 1 is 1.03 bits per heavy atom. The summed E-state index contributed by atoms with van der Waals surface area (Å²) in [4.78, 5) is 41.4. The number of benzene rings is 2. The molecule has 0 radical (unpaired) electrons. The fraction of sp³-hybridized carbons (Fsp3) is 0.516. The van der Waals surface area contributed by atoms with E-state index in [4.69, 9.17) is 0 Å². The molecule has 3 atom stereocenters. The molecular weight excluding hydrogens is 478 g/mol. The van der Waals surface area contributed by atoms with Gasteiger partial charge < -0.3 is 10.2 Å². The van der Waals surface area contributed by atoms with E-state index < -0.39 is 23.8 Å². The fourth-order valence-corrected chi connectivity index (χ4v) is 5.44. The summed E-state index contributed by atoms with van der Waals surface area (Å²) < 4.78 is 0. The van der Waals surface area contributed by atoms with E-state index in [1.54, 1.807) is 5.48 Å². The Balaban J connectivity index is 1.76. The number of amides is 3. The van der Waals surface area contributed by atoms with Crippen LogP contribution in [-0.2, 0) is 20.9 Å². The third kappa shape index (κ3) is 7.90. The predicted octanol–water partition coefficient (Wildman–Crippen LogP) is 5.24. The quantitative estimate of drug-likeness (QED) is 0.278. The van der Waals surface area contributed by atoms with Crippen LogP contribution in [0.5, 0.6) is 0 Å². The monoisotopic (exact) mass is 521 g/mol. The third-order valence-corrected chi connectivity index (χ3v) is 7.34. The molecule has 0 aromatic heterocycles. The van der Waals surface area contributed by atoms with E-state index in [-0.39, 0.29) is 17.7 Å². The van der Waals surface area contributed by atoms with Crippen molar-refractivity contribution in [3.8, 4) is 11.1 Å². The van der Waals surface area contributed by atoms with Gasteiger partial charge in [0, 0.05) is 19.0 Å². The zero-order chi connectivity index (χ0) is 27.7. The molecule has 38 heavy (non-hydrogen) atoms. The first-order chi connectivity index (χ1) is 18.2. The number of nitrogens with zero attached hydrogens (tertiary/aromatic N) is 1. The molecule has 1 aliphatic heterocycles. The minimum atomic E-state index is -0.645. The molecule has 3 N–H and O–H groups in total. The molecule has 7 heteroatoms. The van der Waals surface area contributed by atoms with E-state index in [2.05, 4.69) is 42.6 Å². The van der Waals surface area contributed by atoms with Gasteiger partial charge in [-0.05, 0) is 67.7 Å². The van der Waals surface area contributed by atoms with Crippen molar-refractivity contribution in [2.45, 2.75) is 78.8 Å². The second-order valence-corrected chi connectivity index (χ2v) is 11.0. The van der Waals surface area contributed by atoms with Gasteiger partial charge in [0.1, 0.15) is 6.04 Å². The molecule has 1 saturated heterocycles. The standard InChI is InChI=1S/C31H43N3O4/c1-5-10-26(30(36)33-38)27(17-21(2)3)29(35)32-28-15-6-7-16-34(31(28)37)20-23-12-9-14-25(19-23)24-13-8-11-22(4)18-24/h8-9,11-14,18-19,21,26-28,38H,5-7,10,15-17,20H2,1-4H3,(H,32,35)(H,33,36)/t26?,27?,28-/m0/s1. The number of hydroxylamine groups is 1. The molecule has 0 spiro atoms. The summed E-state index contributed by atoms with van der Waals surface area (Å²) in [5.41, 5.74) is 6.24. The zero-order valence-corrected chi connectivity index (χ0v) is 23.2. The molecule has 2 unspecified atom stereocenters. The summed E-state index contributed by atoms with van der Waals surface area (Å²) in [5.74, 6) is -2.00. The number of nitrogens with one attached hydrogen (secondary N) is 2. The molecule has 0 bridgehead atoms. The summed E-state index contributed by atoms with van der Waals surface area (Å²) >= 11 is 0. The van der Waals surface area contributed by atoms with Crippen LogP contribution in [-0.4, -0.2) is 40.4 Å². The van der Waals surface area contributed by atoms with Gasteiger partial charge in [-0.1, -0.05) is 75.2 Å². The molecule has 0 aliphatic carbocycles. The molecule has 2 aromatic rings. The summed E-state index contributed by atoms with van der Waals surface area (Å²) in [5, 5.41) is 12.3. The van der Waals surface area contributed by atoms with Crippen LogP contribution in [0.25, 0.3) is 11.1 Å². The molecular formula is C31H43N3O4. The first-order valence-electron chi connectivity index (χ1n) is 13.9. The van der Waals surface area contributed by atoms with Crippen molar-refractivity contribution in [3.05, 3.63) is 59.7 Å². The van der Waals surface area contributed by atoms with Gasteiger partial charge >= 0.3 is 0 Å². The van der Waals surface area contributed by atoms with Crippen LogP contribution in [0.2, 0.25) is 0 Å². The average Bonchev–Trinajstić information content (AvgIpc) is 3.06. The van der Waals surface area contributed by atoms with Crippen molar-refractivity contribution in [1.29, 1.82) is 0 Å². The second-order valence-electron chi connectivity index (χ2n) is 11.0. The molecule has 1 heterocycles. The van der Waals surface area contributed by atoms with Crippen LogP contribution in [0.1, 0.15) is 70.4 Å². The third-order valence-electron chi connectivity index (χ3n) is 7.34. The Hall–Kier alpha value is -3.19. The van der Waals surface area contributed by atoms with Gasteiger partial charge in [-0.2, -0.15) is 0 Å². The molecule has 7 nitrogen and oxygen atoms in total. The minimum absolute atomic E-state index is 0.0845. The van der Waals surface area contributed by atoms with E-state index in [9.17, 15) is 19.6 Å². The Bertz CT molecular complexity index is 1100. The van der Waals surface area contributed by atoms with E-state index in [1.165, 1.54) is 5.56 Å². The Kier molecular flexibility index (Phi) is 10.9. The number of hydrogen-bond acceptors (Lipinski definition) is 4. The molecule has 1 fully saturated rings. The first-order valence-corrected chi connectivity index (χ1v) is 13.9. The summed E-state index contributed by atoms with van der Waals surface area (Å²) in [6, 6.07) is 16.0. The number of likely N-dealkylation sites (tertiary alicyclic amines) is 1. The lowest BCUT2D eigenvalue weighted by molar-refractivity contribution is -0.143. The Morgan fingerprint density at radius 2 is 1.74 bits per heavy atom. The van der Waals surface area contributed by atoms with Crippen molar-refractivity contribution in [2.75, 3.05) is 6.54 Å². The van der Waals surface area contributed by atoms with Crippen molar-refractivity contribution in [2.24, 2.45) is 17.8 Å². The number of hydrogen-bond donors (Lipinski definition) is 3. The Morgan fingerprint density at radius 3 is 2.39 bits per heavy atom. The first kappa shape index (κ1) is 29.4. The van der Waals surface area contributed by atoms with Gasteiger partial charge in [0.2, 0.25) is 17.7 Å². The molecule has 3 rings (SSSR count). The highest BCUT2D eigenvalue weighted by Crippen LogP contribution is 2.27. The molecule has 1 aliphatic rings. The number of carbonyl (C=O) groups is 3. The van der Waals surface area contributed by atoms with E-state index in [0.717, 1.165) is 29.5 Å². The lowest BCUT2D eigenvalue weighted by Crippen LogP contribution is -2.51. The summed E-state index contributed by atoms with van der Waals surface area (Å²) in [6.07, 6.45) is 3.97. The van der Waals surface area contributed by atoms with Gasteiger partial charge in [-0.15, -0.1) is 0 Å². The van der Waals surface area contributed by atoms with Crippen LogP contribution < -0.4 is 10.8 Å². The van der Waals surface area contributed by atoms with Crippen molar-refractivity contribution in [3.63, 3.8) is 0 Å². The van der Waals surface area contributed by atoms with E-state index in [1.807, 2.05) is 43.9 Å². The van der Waals surface area contributed by atoms with Crippen LogP contribution in [0, 0.1) is 24.7 Å². The zero-order valence-electron chi connectivity index (χ0n) is 23.2. The largest absolute Gasteiger partial charge is 0.344 e. The van der Waals surface area contributed by atoms with Gasteiger partial charge in [-0.3, -0.25) is 19.6 Å². The highest BCUT2D eigenvalue weighted by Gasteiger charge is 2.36. The van der Waals surface area contributed by atoms with Crippen LogP contribution in [0.15, 0.2) is 48.5 Å². The van der Waals surface area contributed by atoms with Gasteiger partial charge in [0.05, 0.1) is 5.92 Å². The topological polar surface area (TPSA) is 98.7 Å². The number of rotatable bonds is 11. The van der Waals surface area contributed by atoms with Crippen LogP contribution in [0.4, 0.5) is 0 Å². The van der Waals surface area contributed by atoms with Crippen LogP contribution in [0.3, 0.4) is 0 Å². The maximum Gasteiger partial charge on any atom is 0.247 e. The van der Waals surface area contributed by atoms with Crippen molar-refractivity contribution in [1.82, 2.24) is 15.7 Å². The molecule has 206 valence electrons. The minimum Gasteiger partial charge on any atom is -0.344 e. The van der Waals surface area contributed by atoms with E-state index in [0.29, 0.717) is 38.8 Å². The highest BCUT2D eigenvalue weighted by atomic mass is 16.5. The van der Waals surface area contributed by atoms with Gasteiger partial charge in [-0.25, -0.2) is 5.48 Å². The highest BCUT2D eigenvalue weighted by molar-refractivity contribution is 5.91. The molecule has 3 amide bonds. The van der Waals surface area contributed by atoms with Gasteiger partial charge in [0.15, 0.2) is 0 Å². The lowest BCUT2D eigenvalue weighted by atomic mass is 9.81. The summed E-state index contributed by atoms with van der Waals surface area (Å²) in [7, 11) is 0. The second kappa shape index (κ2) is 14.1. The van der Waals surface area contributed by atoms with E-state index >= 15 is 0 Å². The summed E-state index contributed by atoms with van der Waals surface area (Å²) in [6.45, 7) is 9.15. The maximum absolute atomic E-state index is 13.6. The normalized spacial score (nSPS) is 17.6. The van der Waals surface area contributed by atoms with Gasteiger partial charge in [0.25, 0.3) is 0 Å². The SMILES string of the molecule is CCCC(C(=O)NO)C(CC(C)C)C(=O)N[C@H]1CCCCN(Cc2cccc(-c3cccc(C)c3)c2)C1=O. The Labute approximate surface area is 227 Å². The lowest BCUT2D eigenvalue weighted by Gasteiger charge is -2.29. The van der Waals surface area contributed by atoms with Crippen LogP contribution >= 0.6 is 0 Å². The number of aryl methyl sites for hydroxylation is 1. The smallest absolute Gasteiger partial charge is 0.247 e. The molecule has 0 saturated carbocycles. The average molecular weight is 522 g/mol. The molecule has 2 aromatic carbocycles.